The zero-order chi connectivity index (χ0) is 24.1. The number of hydrogen-bond acceptors (Lipinski definition) is 6. The maximum absolute atomic E-state index is 12.6. The Labute approximate surface area is 193 Å². The van der Waals surface area contributed by atoms with Gasteiger partial charge in [0.2, 0.25) is 0 Å². The number of nitrogens with one attached hydrogen (secondary N) is 2. The van der Waals surface area contributed by atoms with Crippen LogP contribution >= 0.6 is 0 Å². The molecule has 0 aliphatic rings. The number of aryl methyl sites for hydroxylation is 2. The van der Waals surface area contributed by atoms with E-state index in [-0.39, 0.29) is 23.5 Å². The number of benzene rings is 2. The Balaban J connectivity index is 1.86. The summed E-state index contributed by atoms with van der Waals surface area (Å²) in [6, 6.07) is 12.5. The molecule has 1 aromatic heterocycles. The lowest BCUT2D eigenvalue weighted by molar-refractivity contribution is -0.124. The highest BCUT2D eigenvalue weighted by atomic mass is 16.3. The number of nitrogens with two attached hydrogens (primary N) is 1. The van der Waals surface area contributed by atoms with Gasteiger partial charge in [0.15, 0.2) is 17.6 Å². The lowest BCUT2D eigenvalue weighted by Crippen LogP contribution is -2.31. The first-order valence-corrected chi connectivity index (χ1v) is 10.8. The summed E-state index contributed by atoms with van der Waals surface area (Å²) in [5.41, 5.74) is 10.2. The van der Waals surface area contributed by atoms with Crippen molar-refractivity contribution in [1.82, 2.24) is 15.3 Å². The van der Waals surface area contributed by atoms with Crippen LogP contribution in [0.4, 0.5) is 11.5 Å². The summed E-state index contributed by atoms with van der Waals surface area (Å²) in [5.74, 6) is -0.844. The van der Waals surface area contributed by atoms with Crippen LogP contribution in [0.5, 0.6) is 0 Å². The normalized spacial score (nSPS) is 11.8. The smallest absolute Gasteiger partial charge is 0.273 e. The van der Waals surface area contributed by atoms with Gasteiger partial charge in [0.05, 0.1) is 11.9 Å². The van der Waals surface area contributed by atoms with E-state index in [9.17, 15) is 14.7 Å². The predicted octanol–water partition coefficient (Wildman–Crippen LogP) is 3.41. The quantitative estimate of drug-likeness (QED) is 0.439. The number of aromatic nitrogens is 2. The molecule has 2 amide bonds. The standard InChI is InChI=1S/C25H29N5O3/c1-5-16-12-18(29-25(33)22(31)17-8-6-7-15(4)11-17)9-10-19(16)20-13-27-23(26)21(30-20)24(32)28-14(2)3/h6-14,22,31H,5H2,1-4H3,(H2,26,27)(H,28,32)(H,29,33)/t22-/m0/s1. The molecule has 5 N–H and O–H groups in total. The highest BCUT2D eigenvalue weighted by molar-refractivity contribution is 5.97. The average molecular weight is 448 g/mol. The van der Waals surface area contributed by atoms with Crippen LogP contribution in [-0.2, 0) is 11.2 Å². The van der Waals surface area contributed by atoms with Crippen LogP contribution in [0, 0.1) is 6.92 Å². The molecule has 0 aliphatic heterocycles. The minimum Gasteiger partial charge on any atom is -0.382 e. The highest BCUT2D eigenvalue weighted by Crippen LogP contribution is 2.27. The van der Waals surface area contributed by atoms with Crippen LogP contribution in [0.3, 0.4) is 0 Å². The summed E-state index contributed by atoms with van der Waals surface area (Å²) in [7, 11) is 0. The second-order valence-electron chi connectivity index (χ2n) is 8.15. The molecular weight excluding hydrogens is 418 g/mol. The van der Waals surface area contributed by atoms with E-state index < -0.39 is 12.0 Å². The van der Waals surface area contributed by atoms with Crippen LogP contribution in [0.2, 0.25) is 0 Å². The number of nitrogens with zero attached hydrogens (tertiary/aromatic N) is 2. The number of amides is 2. The number of hydrogen-bond donors (Lipinski definition) is 4. The van der Waals surface area contributed by atoms with Crippen molar-refractivity contribution in [3.63, 3.8) is 0 Å². The van der Waals surface area contributed by atoms with Crippen LogP contribution in [-0.4, -0.2) is 32.9 Å². The SMILES string of the molecule is CCc1cc(NC(=O)[C@@H](O)c2cccc(C)c2)ccc1-c1cnc(N)c(C(=O)NC(C)C)n1. The number of carbonyl (C=O) groups excluding carboxylic acids is 2. The third-order valence-electron chi connectivity index (χ3n) is 5.07. The van der Waals surface area contributed by atoms with Gasteiger partial charge in [-0.05, 0) is 50.5 Å². The molecule has 3 aromatic rings. The Morgan fingerprint density at radius 2 is 1.91 bits per heavy atom. The lowest BCUT2D eigenvalue weighted by atomic mass is 10.0. The maximum atomic E-state index is 12.6. The molecule has 2 aromatic carbocycles. The van der Waals surface area contributed by atoms with E-state index in [1.54, 1.807) is 30.3 Å². The van der Waals surface area contributed by atoms with Crippen molar-refractivity contribution in [2.75, 3.05) is 11.1 Å². The first-order chi connectivity index (χ1) is 15.7. The second-order valence-corrected chi connectivity index (χ2v) is 8.15. The third kappa shape index (κ3) is 5.72. The fourth-order valence-electron chi connectivity index (χ4n) is 3.44. The van der Waals surface area contributed by atoms with Crippen molar-refractivity contribution in [1.29, 1.82) is 0 Å². The predicted molar refractivity (Wildman–Crippen MR) is 129 cm³/mol. The monoisotopic (exact) mass is 447 g/mol. The molecule has 1 atom stereocenters. The summed E-state index contributed by atoms with van der Waals surface area (Å²) >= 11 is 0. The Morgan fingerprint density at radius 3 is 2.58 bits per heavy atom. The molecule has 0 fully saturated rings. The van der Waals surface area contributed by atoms with Gasteiger partial charge in [-0.15, -0.1) is 0 Å². The second kappa shape index (κ2) is 10.2. The van der Waals surface area contributed by atoms with Gasteiger partial charge in [-0.25, -0.2) is 9.97 Å². The van der Waals surface area contributed by atoms with Crippen molar-refractivity contribution in [3.8, 4) is 11.3 Å². The maximum Gasteiger partial charge on any atom is 0.273 e. The number of aliphatic hydroxyl groups is 1. The molecule has 3 rings (SSSR count). The van der Waals surface area contributed by atoms with Crippen molar-refractivity contribution in [3.05, 3.63) is 71.0 Å². The van der Waals surface area contributed by atoms with Gasteiger partial charge < -0.3 is 21.5 Å². The highest BCUT2D eigenvalue weighted by Gasteiger charge is 2.19. The number of aliphatic hydroxyl groups excluding tert-OH is 1. The van der Waals surface area contributed by atoms with Gasteiger partial charge >= 0.3 is 0 Å². The zero-order valence-corrected chi connectivity index (χ0v) is 19.2. The van der Waals surface area contributed by atoms with Crippen molar-refractivity contribution >= 4 is 23.3 Å². The molecule has 8 heteroatoms. The van der Waals surface area contributed by atoms with Crippen molar-refractivity contribution in [2.24, 2.45) is 0 Å². The van der Waals surface area contributed by atoms with Crippen molar-refractivity contribution < 1.29 is 14.7 Å². The van der Waals surface area contributed by atoms with Gasteiger partial charge in [0.1, 0.15) is 0 Å². The molecule has 0 aliphatic carbocycles. The molecular formula is C25H29N5O3. The molecule has 33 heavy (non-hydrogen) atoms. The molecule has 172 valence electrons. The fourth-order valence-corrected chi connectivity index (χ4v) is 3.44. The van der Waals surface area contributed by atoms with E-state index >= 15 is 0 Å². The van der Waals surface area contributed by atoms with Crippen LogP contribution < -0.4 is 16.4 Å². The first kappa shape index (κ1) is 23.9. The Hall–Kier alpha value is -3.78. The van der Waals surface area contributed by atoms with Crippen molar-refractivity contribution in [2.45, 2.75) is 46.3 Å². The van der Waals surface area contributed by atoms with E-state index in [2.05, 4.69) is 20.6 Å². The molecule has 0 spiro atoms. The van der Waals surface area contributed by atoms with Gasteiger partial charge in [0, 0.05) is 17.3 Å². The summed E-state index contributed by atoms with van der Waals surface area (Å²) in [6.07, 6.45) is 0.897. The molecule has 0 radical (unpaired) electrons. The van der Waals surface area contributed by atoms with Crippen LogP contribution in [0.15, 0.2) is 48.7 Å². The Kier molecular flexibility index (Phi) is 7.40. The minimum atomic E-state index is -1.28. The first-order valence-electron chi connectivity index (χ1n) is 10.8. The number of rotatable bonds is 7. The average Bonchev–Trinajstić information content (AvgIpc) is 2.78. The number of nitrogen functional groups attached to an aromatic ring is 1. The lowest BCUT2D eigenvalue weighted by Gasteiger charge is -2.15. The molecule has 0 unspecified atom stereocenters. The van der Waals surface area contributed by atoms with Crippen LogP contribution in [0.25, 0.3) is 11.3 Å². The summed E-state index contributed by atoms with van der Waals surface area (Å²) in [5, 5.41) is 16.0. The van der Waals surface area contributed by atoms with Gasteiger partial charge in [-0.2, -0.15) is 0 Å². The topological polar surface area (TPSA) is 130 Å². The van der Waals surface area contributed by atoms with Gasteiger partial charge in [-0.3, -0.25) is 9.59 Å². The van der Waals surface area contributed by atoms with Gasteiger partial charge in [-0.1, -0.05) is 42.8 Å². The molecule has 8 nitrogen and oxygen atoms in total. The molecule has 0 saturated heterocycles. The van der Waals surface area contributed by atoms with E-state index in [0.717, 1.165) is 16.7 Å². The summed E-state index contributed by atoms with van der Waals surface area (Å²) < 4.78 is 0. The third-order valence-corrected chi connectivity index (χ3v) is 5.07. The van der Waals surface area contributed by atoms with E-state index in [1.807, 2.05) is 39.8 Å². The number of carbonyl (C=O) groups is 2. The largest absolute Gasteiger partial charge is 0.382 e. The fraction of sp³-hybridized carbons (Fsp3) is 0.280. The molecule has 0 saturated carbocycles. The zero-order valence-electron chi connectivity index (χ0n) is 19.2. The van der Waals surface area contributed by atoms with Crippen LogP contribution in [0.1, 0.15) is 54.1 Å². The molecule has 1 heterocycles. The van der Waals surface area contributed by atoms with E-state index in [0.29, 0.717) is 23.4 Å². The summed E-state index contributed by atoms with van der Waals surface area (Å²) in [4.78, 5) is 33.6. The molecule has 0 bridgehead atoms. The summed E-state index contributed by atoms with van der Waals surface area (Å²) in [6.45, 7) is 7.58. The van der Waals surface area contributed by atoms with E-state index in [4.69, 9.17) is 5.73 Å². The van der Waals surface area contributed by atoms with E-state index in [1.165, 1.54) is 6.20 Å². The Bertz CT molecular complexity index is 1180. The minimum absolute atomic E-state index is 0.0592. The number of anilines is 2. The Morgan fingerprint density at radius 1 is 1.15 bits per heavy atom. The van der Waals surface area contributed by atoms with Gasteiger partial charge in [0.25, 0.3) is 11.8 Å².